The molecule has 2 N–H and O–H groups in total. The lowest BCUT2D eigenvalue weighted by Crippen LogP contribution is -2.34. The molecule has 1 heterocycles. The molecule has 4 nitrogen and oxygen atoms in total. The van der Waals surface area contributed by atoms with Crippen LogP contribution in [0.5, 0.6) is 0 Å². The van der Waals surface area contributed by atoms with Gasteiger partial charge in [0.15, 0.2) is 4.67 Å². The van der Waals surface area contributed by atoms with Crippen molar-refractivity contribution in [1.82, 2.24) is 4.90 Å². The molecule has 1 amide bonds. The topological polar surface area (TPSA) is 59.5 Å². The average molecular weight is 340 g/mol. The van der Waals surface area contributed by atoms with Crippen molar-refractivity contribution in [1.29, 1.82) is 0 Å². The summed E-state index contributed by atoms with van der Waals surface area (Å²) < 4.78 is 5.61. The lowest BCUT2D eigenvalue weighted by Gasteiger charge is -2.21. The molecule has 1 unspecified atom stereocenters. The minimum absolute atomic E-state index is 0. The molecule has 18 heavy (non-hydrogen) atoms. The Hall–Kier alpha value is -0.520. The van der Waals surface area contributed by atoms with E-state index in [2.05, 4.69) is 29.8 Å². The highest BCUT2D eigenvalue weighted by Gasteiger charge is 2.16. The maximum atomic E-state index is 11.9. The van der Waals surface area contributed by atoms with Crippen molar-refractivity contribution < 1.29 is 9.21 Å². The van der Waals surface area contributed by atoms with Gasteiger partial charge in [0.25, 0.3) is 5.91 Å². The van der Waals surface area contributed by atoms with E-state index in [0.29, 0.717) is 22.7 Å². The number of furan rings is 1. The van der Waals surface area contributed by atoms with Crippen molar-refractivity contribution in [2.24, 2.45) is 11.7 Å². The zero-order chi connectivity index (χ0) is 13.0. The normalized spacial score (nSPS) is 12.1. The van der Waals surface area contributed by atoms with Crippen LogP contribution in [-0.4, -0.2) is 30.4 Å². The fourth-order valence-corrected chi connectivity index (χ4v) is 1.76. The van der Waals surface area contributed by atoms with E-state index in [1.807, 2.05) is 0 Å². The first-order chi connectivity index (χ1) is 7.91. The SMILES string of the molecule is CC(C)C(N)CCN(C)C(=O)c1coc(Br)c1.Cl. The van der Waals surface area contributed by atoms with Crippen LogP contribution < -0.4 is 5.73 Å². The van der Waals surface area contributed by atoms with Crippen LogP contribution in [0.1, 0.15) is 30.6 Å². The van der Waals surface area contributed by atoms with Gasteiger partial charge in [-0.15, -0.1) is 12.4 Å². The van der Waals surface area contributed by atoms with Gasteiger partial charge in [0.1, 0.15) is 6.26 Å². The van der Waals surface area contributed by atoms with Crippen LogP contribution in [0.25, 0.3) is 0 Å². The Kier molecular flexibility index (Phi) is 7.59. The molecule has 1 rings (SSSR count). The van der Waals surface area contributed by atoms with E-state index < -0.39 is 0 Å². The van der Waals surface area contributed by atoms with Gasteiger partial charge in [0.05, 0.1) is 5.56 Å². The van der Waals surface area contributed by atoms with E-state index in [-0.39, 0.29) is 24.4 Å². The number of nitrogens with zero attached hydrogens (tertiary/aromatic N) is 1. The molecule has 0 aliphatic heterocycles. The van der Waals surface area contributed by atoms with Gasteiger partial charge in [-0.1, -0.05) is 13.8 Å². The van der Waals surface area contributed by atoms with Crippen molar-refractivity contribution >= 4 is 34.2 Å². The van der Waals surface area contributed by atoms with Gasteiger partial charge in [-0.3, -0.25) is 4.79 Å². The first-order valence-corrected chi connectivity index (χ1v) is 6.46. The molecule has 0 radical (unpaired) electrons. The molecule has 0 bridgehead atoms. The summed E-state index contributed by atoms with van der Waals surface area (Å²) in [7, 11) is 1.77. The third kappa shape index (κ3) is 5.00. The molecule has 1 atom stereocenters. The predicted molar refractivity (Wildman–Crippen MR) is 78.0 cm³/mol. The number of carbonyl (C=O) groups is 1. The van der Waals surface area contributed by atoms with Crippen LogP contribution in [0.3, 0.4) is 0 Å². The van der Waals surface area contributed by atoms with Gasteiger partial charge < -0.3 is 15.1 Å². The Labute approximate surface area is 122 Å². The maximum absolute atomic E-state index is 11.9. The third-order valence-electron chi connectivity index (χ3n) is 2.82. The van der Waals surface area contributed by atoms with Crippen LogP contribution in [0, 0.1) is 5.92 Å². The summed E-state index contributed by atoms with van der Waals surface area (Å²) in [6.45, 7) is 4.82. The van der Waals surface area contributed by atoms with Crippen LogP contribution in [-0.2, 0) is 0 Å². The highest BCUT2D eigenvalue weighted by Crippen LogP contribution is 2.15. The zero-order valence-electron chi connectivity index (χ0n) is 10.9. The molecule has 0 aliphatic carbocycles. The number of hydrogen-bond donors (Lipinski definition) is 1. The maximum Gasteiger partial charge on any atom is 0.256 e. The molecule has 0 saturated heterocycles. The van der Waals surface area contributed by atoms with Crippen molar-refractivity contribution in [3.8, 4) is 0 Å². The molecule has 0 spiro atoms. The molecule has 1 aromatic heterocycles. The molecule has 0 fully saturated rings. The molecular weight excluding hydrogens is 320 g/mol. The first-order valence-electron chi connectivity index (χ1n) is 5.67. The third-order valence-corrected chi connectivity index (χ3v) is 3.23. The highest BCUT2D eigenvalue weighted by molar-refractivity contribution is 9.10. The summed E-state index contributed by atoms with van der Waals surface area (Å²) in [4.78, 5) is 13.6. The van der Waals surface area contributed by atoms with Crippen LogP contribution in [0.15, 0.2) is 21.4 Å². The Balaban J connectivity index is 0.00000289. The number of rotatable bonds is 5. The molecule has 1 aromatic rings. The molecular formula is C12H20BrClN2O2. The molecule has 0 aliphatic rings. The monoisotopic (exact) mass is 338 g/mol. The van der Waals surface area contributed by atoms with Gasteiger partial charge in [-0.25, -0.2) is 0 Å². The second kappa shape index (κ2) is 7.81. The van der Waals surface area contributed by atoms with Crippen molar-refractivity contribution in [2.75, 3.05) is 13.6 Å². The average Bonchev–Trinajstić information content (AvgIpc) is 2.70. The summed E-state index contributed by atoms with van der Waals surface area (Å²) in [5.74, 6) is 0.386. The molecule has 0 aromatic carbocycles. The van der Waals surface area contributed by atoms with Gasteiger partial charge in [-0.05, 0) is 28.3 Å². The van der Waals surface area contributed by atoms with E-state index in [1.54, 1.807) is 18.0 Å². The van der Waals surface area contributed by atoms with Crippen LogP contribution in [0.2, 0.25) is 0 Å². The van der Waals surface area contributed by atoms with E-state index in [9.17, 15) is 4.79 Å². The van der Waals surface area contributed by atoms with Crippen molar-refractivity contribution in [3.05, 3.63) is 22.6 Å². The van der Waals surface area contributed by atoms with E-state index in [0.717, 1.165) is 6.42 Å². The number of halogens is 2. The Bertz CT molecular complexity index is 382. The predicted octanol–water partition coefficient (Wildman–Crippen LogP) is 2.91. The van der Waals surface area contributed by atoms with Crippen LogP contribution >= 0.6 is 28.3 Å². The van der Waals surface area contributed by atoms with Gasteiger partial charge >= 0.3 is 0 Å². The van der Waals surface area contributed by atoms with E-state index in [4.69, 9.17) is 10.2 Å². The smallest absolute Gasteiger partial charge is 0.256 e. The molecule has 0 saturated carbocycles. The van der Waals surface area contributed by atoms with Crippen LogP contribution in [0.4, 0.5) is 0 Å². The Morgan fingerprint density at radius 2 is 2.17 bits per heavy atom. The highest BCUT2D eigenvalue weighted by atomic mass is 79.9. The summed E-state index contributed by atoms with van der Waals surface area (Å²) in [5.41, 5.74) is 6.50. The van der Waals surface area contributed by atoms with Crippen molar-refractivity contribution in [2.45, 2.75) is 26.3 Å². The fraction of sp³-hybridized carbons (Fsp3) is 0.583. The van der Waals surface area contributed by atoms with Gasteiger partial charge in [0, 0.05) is 25.7 Å². The summed E-state index contributed by atoms with van der Waals surface area (Å²) in [6.07, 6.45) is 2.25. The lowest BCUT2D eigenvalue weighted by molar-refractivity contribution is 0.0788. The zero-order valence-corrected chi connectivity index (χ0v) is 13.3. The first kappa shape index (κ1) is 17.5. The van der Waals surface area contributed by atoms with E-state index >= 15 is 0 Å². The van der Waals surface area contributed by atoms with E-state index in [1.165, 1.54) is 6.26 Å². The van der Waals surface area contributed by atoms with Gasteiger partial charge in [0.2, 0.25) is 0 Å². The minimum atomic E-state index is -0.0459. The lowest BCUT2D eigenvalue weighted by atomic mass is 10.0. The quantitative estimate of drug-likeness (QED) is 0.897. The molecule has 6 heteroatoms. The standard InChI is InChI=1S/C12H19BrN2O2.ClH/c1-8(2)10(14)4-5-15(3)12(16)9-6-11(13)17-7-9;/h6-8,10H,4-5,14H2,1-3H3;1H. The van der Waals surface area contributed by atoms with Gasteiger partial charge in [-0.2, -0.15) is 0 Å². The summed E-state index contributed by atoms with van der Waals surface area (Å²) in [5, 5.41) is 0. The second-order valence-corrected chi connectivity index (χ2v) is 5.34. The summed E-state index contributed by atoms with van der Waals surface area (Å²) in [6, 6.07) is 1.79. The summed E-state index contributed by atoms with van der Waals surface area (Å²) >= 11 is 3.17. The number of hydrogen-bond acceptors (Lipinski definition) is 3. The number of carbonyl (C=O) groups excluding carboxylic acids is 1. The Morgan fingerprint density at radius 1 is 1.56 bits per heavy atom. The molecule has 104 valence electrons. The Morgan fingerprint density at radius 3 is 2.61 bits per heavy atom. The number of amides is 1. The fourth-order valence-electron chi connectivity index (χ4n) is 1.42. The minimum Gasteiger partial charge on any atom is -0.457 e. The number of nitrogens with two attached hydrogens (primary N) is 1. The van der Waals surface area contributed by atoms with Crippen molar-refractivity contribution in [3.63, 3.8) is 0 Å². The largest absolute Gasteiger partial charge is 0.457 e. The second-order valence-electron chi connectivity index (χ2n) is 4.56.